The molecule has 0 fully saturated rings. The molecule has 3 nitrogen and oxygen atoms in total. The van der Waals surface area contributed by atoms with Crippen LogP contribution in [-0.4, -0.2) is 4.98 Å². The van der Waals surface area contributed by atoms with Crippen LogP contribution in [0.15, 0.2) is 36.4 Å². The van der Waals surface area contributed by atoms with Gasteiger partial charge < -0.3 is 10.6 Å². The Morgan fingerprint density at radius 1 is 1.16 bits per heavy atom. The summed E-state index contributed by atoms with van der Waals surface area (Å²) >= 11 is 0. The van der Waals surface area contributed by atoms with Crippen molar-refractivity contribution in [2.75, 3.05) is 4.90 Å². The maximum absolute atomic E-state index is 5.78. The second-order valence-corrected chi connectivity index (χ2v) is 5.01. The van der Waals surface area contributed by atoms with E-state index in [1.807, 2.05) is 0 Å². The van der Waals surface area contributed by atoms with E-state index in [0.717, 1.165) is 36.6 Å². The Morgan fingerprint density at radius 3 is 2.42 bits per heavy atom. The topological polar surface area (TPSA) is 42.1 Å². The SMILES string of the molecule is CCc1cc(CN)cc(N2Cc3ccccc3C2)n1. The number of benzene rings is 1. The molecule has 0 amide bonds. The minimum Gasteiger partial charge on any atom is -0.348 e. The maximum atomic E-state index is 5.78. The van der Waals surface area contributed by atoms with Gasteiger partial charge in [0, 0.05) is 25.3 Å². The summed E-state index contributed by atoms with van der Waals surface area (Å²) in [5.41, 5.74) is 10.9. The molecule has 0 atom stereocenters. The van der Waals surface area contributed by atoms with E-state index in [4.69, 9.17) is 10.7 Å². The number of aryl methyl sites for hydroxylation is 1. The summed E-state index contributed by atoms with van der Waals surface area (Å²) in [6.45, 7) is 4.59. The number of rotatable bonds is 3. The number of nitrogens with zero attached hydrogens (tertiary/aromatic N) is 2. The zero-order valence-corrected chi connectivity index (χ0v) is 11.3. The molecule has 0 aliphatic carbocycles. The van der Waals surface area contributed by atoms with Crippen LogP contribution in [0, 0.1) is 0 Å². The predicted octanol–water partition coefficient (Wildman–Crippen LogP) is 2.62. The van der Waals surface area contributed by atoms with Crippen molar-refractivity contribution in [2.45, 2.75) is 33.0 Å². The van der Waals surface area contributed by atoms with Crippen LogP contribution in [0.2, 0.25) is 0 Å². The minimum absolute atomic E-state index is 0.573. The standard InChI is InChI=1S/C16H19N3/c1-2-15-7-12(9-17)8-16(18-15)19-10-13-5-3-4-6-14(13)11-19/h3-8H,2,9-11,17H2,1H3. The fourth-order valence-electron chi connectivity index (χ4n) is 2.59. The fourth-order valence-corrected chi connectivity index (χ4v) is 2.59. The van der Waals surface area contributed by atoms with Crippen molar-refractivity contribution in [1.82, 2.24) is 4.98 Å². The number of aromatic nitrogens is 1. The monoisotopic (exact) mass is 253 g/mol. The van der Waals surface area contributed by atoms with Crippen LogP contribution < -0.4 is 10.6 Å². The molecular formula is C16H19N3. The summed E-state index contributed by atoms with van der Waals surface area (Å²) < 4.78 is 0. The highest BCUT2D eigenvalue weighted by atomic mass is 15.2. The van der Waals surface area contributed by atoms with Crippen molar-refractivity contribution in [1.29, 1.82) is 0 Å². The average Bonchev–Trinajstić information content (AvgIpc) is 2.90. The molecule has 98 valence electrons. The second-order valence-electron chi connectivity index (χ2n) is 5.01. The van der Waals surface area contributed by atoms with E-state index in [2.05, 4.69) is 48.2 Å². The van der Waals surface area contributed by atoms with Crippen molar-refractivity contribution < 1.29 is 0 Å². The zero-order chi connectivity index (χ0) is 13.2. The first-order valence-corrected chi connectivity index (χ1v) is 6.81. The smallest absolute Gasteiger partial charge is 0.129 e. The number of hydrogen-bond acceptors (Lipinski definition) is 3. The third-order valence-corrected chi connectivity index (χ3v) is 3.69. The van der Waals surface area contributed by atoms with Gasteiger partial charge in [-0.2, -0.15) is 0 Å². The minimum atomic E-state index is 0.573. The van der Waals surface area contributed by atoms with Gasteiger partial charge in [0.25, 0.3) is 0 Å². The van der Waals surface area contributed by atoms with E-state index in [-0.39, 0.29) is 0 Å². The molecule has 2 heterocycles. The van der Waals surface area contributed by atoms with E-state index in [9.17, 15) is 0 Å². The highest BCUT2D eigenvalue weighted by molar-refractivity contribution is 5.49. The average molecular weight is 253 g/mol. The number of pyridine rings is 1. The highest BCUT2D eigenvalue weighted by Gasteiger charge is 2.19. The molecule has 1 aromatic carbocycles. The summed E-state index contributed by atoms with van der Waals surface area (Å²) in [6.07, 6.45) is 0.946. The quantitative estimate of drug-likeness (QED) is 0.914. The lowest BCUT2D eigenvalue weighted by atomic mass is 10.1. The van der Waals surface area contributed by atoms with Gasteiger partial charge in [-0.05, 0) is 35.2 Å². The van der Waals surface area contributed by atoms with E-state index < -0.39 is 0 Å². The lowest BCUT2D eigenvalue weighted by Gasteiger charge is -2.18. The summed E-state index contributed by atoms with van der Waals surface area (Å²) in [5, 5.41) is 0. The Kier molecular flexibility index (Phi) is 3.22. The highest BCUT2D eigenvalue weighted by Crippen LogP contribution is 2.27. The first kappa shape index (κ1) is 12.2. The maximum Gasteiger partial charge on any atom is 0.129 e. The number of fused-ring (bicyclic) bond motifs is 1. The van der Waals surface area contributed by atoms with Gasteiger partial charge in [-0.25, -0.2) is 4.98 Å². The third-order valence-electron chi connectivity index (χ3n) is 3.69. The van der Waals surface area contributed by atoms with Crippen LogP contribution in [0.1, 0.15) is 29.3 Å². The predicted molar refractivity (Wildman–Crippen MR) is 77.8 cm³/mol. The van der Waals surface area contributed by atoms with Crippen LogP contribution in [0.4, 0.5) is 5.82 Å². The number of hydrogen-bond donors (Lipinski definition) is 1. The Hall–Kier alpha value is -1.87. The molecule has 1 aliphatic rings. The zero-order valence-electron chi connectivity index (χ0n) is 11.3. The first-order valence-electron chi connectivity index (χ1n) is 6.81. The molecule has 0 unspecified atom stereocenters. The van der Waals surface area contributed by atoms with Gasteiger partial charge in [-0.15, -0.1) is 0 Å². The van der Waals surface area contributed by atoms with Crippen LogP contribution in [0.5, 0.6) is 0 Å². The molecule has 3 rings (SSSR count). The molecule has 0 radical (unpaired) electrons. The Balaban J connectivity index is 1.92. The Morgan fingerprint density at radius 2 is 1.84 bits per heavy atom. The largest absolute Gasteiger partial charge is 0.348 e. The molecule has 0 spiro atoms. The molecule has 19 heavy (non-hydrogen) atoms. The van der Waals surface area contributed by atoms with Crippen molar-refractivity contribution in [3.8, 4) is 0 Å². The molecular weight excluding hydrogens is 234 g/mol. The number of anilines is 1. The van der Waals surface area contributed by atoms with Gasteiger partial charge in [0.2, 0.25) is 0 Å². The molecule has 1 aromatic heterocycles. The second kappa shape index (κ2) is 5.02. The first-order chi connectivity index (χ1) is 9.30. The summed E-state index contributed by atoms with van der Waals surface area (Å²) in [4.78, 5) is 7.06. The van der Waals surface area contributed by atoms with Gasteiger partial charge in [0.15, 0.2) is 0 Å². The molecule has 3 heteroatoms. The van der Waals surface area contributed by atoms with Gasteiger partial charge >= 0.3 is 0 Å². The Labute approximate surface area is 114 Å². The van der Waals surface area contributed by atoms with Gasteiger partial charge in [-0.1, -0.05) is 31.2 Å². The van der Waals surface area contributed by atoms with Crippen molar-refractivity contribution in [2.24, 2.45) is 5.73 Å². The summed E-state index contributed by atoms with van der Waals surface area (Å²) in [6, 6.07) is 12.8. The van der Waals surface area contributed by atoms with Crippen LogP contribution in [0.25, 0.3) is 0 Å². The summed E-state index contributed by atoms with van der Waals surface area (Å²) in [7, 11) is 0. The molecule has 0 saturated carbocycles. The fraction of sp³-hybridized carbons (Fsp3) is 0.312. The number of nitrogens with two attached hydrogens (primary N) is 1. The molecule has 0 saturated heterocycles. The third kappa shape index (κ3) is 2.34. The lowest BCUT2D eigenvalue weighted by Crippen LogP contribution is -2.17. The van der Waals surface area contributed by atoms with Crippen LogP contribution in [-0.2, 0) is 26.1 Å². The summed E-state index contributed by atoms with van der Waals surface area (Å²) in [5.74, 6) is 1.05. The Bertz CT molecular complexity index is 545. The van der Waals surface area contributed by atoms with E-state index in [1.165, 1.54) is 11.1 Å². The van der Waals surface area contributed by atoms with Crippen molar-refractivity contribution in [3.05, 3.63) is 58.8 Å². The van der Waals surface area contributed by atoms with E-state index in [0.29, 0.717) is 6.54 Å². The van der Waals surface area contributed by atoms with E-state index >= 15 is 0 Å². The van der Waals surface area contributed by atoms with Crippen LogP contribution >= 0.6 is 0 Å². The molecule has 2 aromatic rings. The van der Waals surface area contributed by atoms with Crippen molar-refractivity contribution >= 4 is 5.82 Å². The van der Waals surface area contributed by atoms with Gasteiger partial charge in [0.05, 0.1) is 0 Å². The molecule has 1 aliphatic heterocycles. The van der Waals surface area contributed by atoms with Crippen molar-refractivity contribution in [3.63, 3.8) is 0 Å². The normalized spacial score (nSPS) is 13.7. The van der Waals surface area contributed by atoms with E-state index in [1.54, 1.807) is 0 Å². The molecule has 2 N–H and O–H groups in total. The van der Waals surface area contributed by atoms with Gasteiger partial charge in [-0.3, -0.25) is 0 Å². The van der Waals surface area contributed by atoms with Crippen LogP contribution in [0.3, 0.4) is 0 Å². The molecule has 0 bridgehead atoms. The van der Waals surface area contributed by atoms with Gasteiger partial charge in [0.1, 0.15) is 5.82 Å². The lowest BCUT2D eigenvalue weighted by molar-refractivity contribution is 0.840.